The van der Waals surface area contributed by atoms with Crippen LogP contribution in [0, 0.1) is 5.92 Å². The molecule has 0 amide bonds. The smallest absolute Gasteiger partial charge is 0.184 e. The fraction of sp³-hybridized carbons (Fsp3) is 0.625. The molecule has 2 aromatic rings. The molecule has 1 aliphatic carbocycles. The number of anilines is 1. The van der Waals surface area contributed by atoms with Gasteiger partial charge in [0.15, 0.2) is 5.65 Å². The lowest BCUT2D eigenvalue weighted by atomic mass is 9.79. The zero-order valence-corrected chi connectivity index (χ0v) is 13.3. The minimum absolute atomic E-state index is 0.482. The molecule has 1 aliphatic rings. The fourth-order valence-electron chi connectivity index (χ4n) is 3.48. The zero-order valence-electron chi connectivity index (χ0n) is 12.6. The molecular weight excluding hydrogens is 284 g/mol. The van der Waals surface area contributed by atoms with Crippen molar-refractivity contribution in [3.05, 3.63) is 23.1 Å². The predicted molar refractivity (Wildman–Crippen MR) is 86.6 cm³/mol. The van der Waals surface area contributed by atoms with Gasteiger partial charge in [0.25, 0.3) is 0 Å². The van der Waals surface area contributed by atoms with Crippen LogP contribution >= 0.6 is 11.6 Å². The molecular formula is C16H23ClN4. The van der Waals surface area contributed by atoms with Gasteiger partial charge in [-0.1, -0.05) is 37.8 Å². The molecule has 2 heterocycles. The van der Waals surface area contributed by atoms with Gasteiger partial charge < -0.3 is 5.73 Å². The summed E-state index contributed by atoms with van der Waals surface area (Å²) in [5.41, 5.74) is 7.29. The predicted octanol–water partition coefficient (Wildman–Crippen LogP) is 4.43. The number of nitrogen functional groups attached to an aromatic ring is 1. The Bertz CT molecular complexity index is 614. The first kappa shape index (κ1) is 14.6. The SMILES string of the molecule is CCCCC1CCC(c2nnc3c(N)cc(Cl)cn23)CC1. The highest BCUT2D eigenvalue weighted by Gasteiger charge is 2.25. The summed E-state index contributed by atoms with van der Waals surface area (Å²) < 4.78 is 1.98. The van der Waals surface area contributed by atoms with Crippen LogP contribution in [0.4, 0.5) is 5.69 Å². The molecule has 0 bridgehead atoms. The van der Waals surface area contributed by atoms with Crippen molar-refractivity contribution >= 4 is 22.9 Å². The zero-order chi connectivity index (χ0) is 14.8. The van der Waals surface area contributed by atoms with Gasteiger partial charge in [-0.3, -0.25) is 4.40 Å². The van der Waals surface area contributed by atoms with Crippen molar-refractivity contribution < 1.29 is 0 Å². The molecule has 2 aromatic heterocycles. The summed E-state index contributed by atoms with van der Waals surface area (Å²) >= 11 is 6.12. The Kier molecular flexibility index (Phi) is 4.34. The Hall–Kier alpha value is -1.29. The van der Waals surface area contributed by atoms with Gasteiger partial charge in [0.05, 0.1) is 10.7 Å². The van der Waals surface area contributed by atoms with Gasteiger partial charge in [0.1, 0.15) is 5.82 Å². The van der Waals surface area contributed by atoms with Crippen molar-refractivity contribution in [1.82, 2.24) is 14.6 Å². The maximum atomic E-state index is 6.12. The first-order chi connectivity index (χ1) is 10.2. The molecule has 0 saturated heterocycles. The molecule has 114 valence electrons. The summed E-state index contributed by atoms with van der Waals surface area (Å²) in [7, 11) is 0. The van der Waals surface area contributed by atoms with E-state index in [1.807, 2.05) is 10.6 Å². The highest BCUT2D eigenvalue weighted by Crippen LogP contribution is 2.37. The highest BCUT2D eigenvalue weighted by molar-refractivity contribution is 6.30. The van der Waals surface area contributed by atoms with Gasteiger partial charge in [0.2, 0.25) is 0 Å². The van der Waals surface area contributed by atoms with E-state index in [2.05, 4.69) is 17.1 Å². The lowest BCUT2D eigenvalue weighted by Gasteiger charge is -2.27. The Morgan fingerprint density at radius 1 is 1.29 bits per heavy atom. The number of aromatic nitrogens is 3. The summed E-state index contributed by atoms with van der Waals surface area (Å²) in [6, 6.07) is 1.73. The van der Waals surface area contributed by atoms with Crippen LogP contribution in [0.2, 0.25) is 5.02 Å². The largest absolute Gasteiger partial charge is 0.396 e. The number of hydrogen-bond acceptors (Lipinski definition) is 3. The molecule has 0 atom stereocenters. The van der Waals surface area contributed by atoms with Gasteiger partial charge in [-0.05, 0) is 37.7 Å². The minimum atomic E-state index is 0.482. The van der Waals surface area contributed by atoms with Crippen molar-refractivity contribution in [2.75, 3.05) is 5.73 Å². The van der Waals surface area contributed by atoms with Gasteiger partial charge in [-0.2, -0.15) is 0 Å². The summed E-state index contributed by atoms with van der Waals surface area (Å²) in [5, 5.41) is 9.25. The third kappa shape index (κ3) is 3.00. The molecule has 0 spiro atoms. The molecule has 4 nitrogen and oxygen atoms in total. The van der Waals surface area contributed by atoms with E-state index in [1.165, 1.54) is 44.9 Å². The molecule has 0 unspecified atom stereocenters. The topological polar surface area (TPSA) is 56.2 Å². The summed E-state index contributed by atoms with van der Waals surface area (Å²) in [5.74, 6) is 2.40. The second-order valence-electron chi connectivity index (χ2n) is 6.23. The maximum Gasteiger partial charge on any atom is 0.184 e. The molecule has 0 radical (unpaired) electrons. The van der Waals surface area contributed by atoms with Crippen LogP contribution in [0.5, 0.6) is 0 Å². The quantitative estimate of drug-likeness (QED) is 0.909. The van der Waals surface area contributed by atoms with Gasteiger partial charge in [0, 0.05) is 12.1 Å². The highest BCUT2D eigenvalue weighted by atomic mass is 35.5. The van der Waals surface area contributed by atoms with Crippen molar-refractivity contribution in [3.8, 4) is 0 Å². The number of halogens is 1. The van der Waals surface area contributed by atoms with E-state index in [1.54, 1.807) is 6.07 Å². The Morgan fingerprint density at radius 2 is 2.05 bits per heavy atom. The molecule has 5 heteroatoms. The maximum absolute atomic E-state index is 6.12. The molecule has 1 saturated carbocycles. The minimum Gasteiger partial charge on any atom is -0.396 e. The van der Waals surface area contributed by atoms with Crippen LogP contribution in [0.1, 0.15) is 63.6 Å². The van der Waals surface area contributed by atoms with E-state index >= 15 is 0 Å². The molecule has 1 fully saturated rings. The van der Waals surface area contributed by atoms with E-state index < -0.39 is 0 Å². The fourth-order valence-corrected chi connectivity index (χ4v) is 3.70. The molecule has 21 heavy (non-hydrogen) atoms. The van der Waals surface area contributed by atoms with Crippen molar-refractivity contribution in [3.63, 3.8) is 0 Å². The lowest BCUT2D eigenvalue weighted by molar-refractivity contribution is 0.298. The number of hydrogen-bond donors (Lipinski definition) is 1. The van der Waals surface area contributed by atoms with Gasteiger partial charge in [-0.25, -0.2) is 0 Å². The standard InChI is InChI=1S/C16H23ClN4/c1-2-3-4-11-5-7-12(8-6-11)15-19-20-16-14(18)9-13(17)10-21(15)16/h9-12H,2-8,18H2,1H3. The normalized spacial score (nSPS) is 22.8. The first-order valence-electron chi connectivity index (χ1n) is 7.98. The Balaban J connectivity index is 1.77. The summed E-state index contributed by atoms with van der Waals surface area (Å²) in [6.45, 7) is 2.27. The summed E-state index contributed by atoms with van der Waals surface area (Å²) in [6.07, 6.45) is 10.9. The van der Waals surface area contributed by atoms with Crippen molar-refractivity contribution in [1.29, 1.82) is 0 Å². The van der Waals surface area contributed by atoms with E-state index in [0.717, 1.165) is 17.4 Å². The van der Waals surface area contributed by atoms with E-state index in [9.17, 15) is 0 Å². The number of unbranched alkanes of at least 4 members (excludes halogenated alkanes) is 1. The van der Waals surface area contributed by atoms with Crippen LogP contribution in [-0.4, -0.2) is 14.6 Å². The van der Waals surface area contributed by atoms with Crippen molar-refractivity contribution in [2.45, 2.75) is 57.8 Å². The van der Waals surface area contributed by atoms with Crippen LogP contribution in [0.15, 0.2) is 12.3 Å². The average Bonchev–Trinajstić information content (AvgIpc) is 2.89. The second kappa shape index (κ2) is 6.22. The molecule has 0 aliphatic heterocycles. The van der Waals surface area contributed by atoms with E-state index in [0.29, 0.717) is 16.6 Å². The lowest BCUT2D eigenvalue weighted by Crippen LogP contribution is -2.15. The number of rotatable bonds is 4. The van der Waals surface area contributed by atoms with Gasteiger partial charge in [-0.15, -0.1) is 10.2 Å². The van der Waals surface area contributed by atoms with E-state index in [-0.39, 0.29) is 0 Å². The molecule has 0 aromatic carbocycles. The van der Waals surface area contributed by atoms with Crippen LogP contribution < -0.4 is 5.73 Å². The first-order valence-corrected chi connectivity index (χ1v) is 8.36. The monoisotopic (exact) mass is 306 g/mol. The number of nitrogens with two attached hydrogens (primary N) is 1. The number of nitrogens with zero attached hydrogens (tertiary/aromatic N) is 3. The number of fused-ring (bicyclic) bond motifs is 1. The van der Waals surface area contributed by atoms with E-state index in [4.69, 9.17) is 17.3 Å². The van der Waals surface area contributed by atoms with Crippen LogP contribution in [0.25, 0.3) is 5.65 Å². The van der Waals surface area contributed by atoms with Crippen molar-refractivity contribution in [2.24, 2.45) is 5.92 Å². The van der Waals surface area contributed by atoms with Crippen LogP contribution in [0.3, 0.4) is 0 Å². The Morgan fingerprint density at radius 3 is 2.76 bits per heavy atom. The summed E-state index contributed by atoms with van der Waals surface area (Å²) in [4.78, 5) is 0. The Labute approximate surface area is 130 Å². The molecule has 3 rings (SSSR count). The number of pyridine rings is 1. The van der Waals surface area contributed by atoms with Crippen LogP contribution in [-0.2, 0) is 0 Å². The second-order valence-corrected chi connectivity index (χ2v) is 6.66. The average molecular weight is 307 g/mol. The molecule has 2 N–H and O–H groups in total. The third-order valence-electron chi connectivity index (χ3n) is 4.70. The van der Waals surface area contributed by atoms with Gasteiger partial charge >= 0.3 is 0 Å². The third-order valence-corrected chi connectivity index (χ3v) is 4.91.